The Hall–Kier alpha value is -3.52. The molecular weight excluding hydrogens is 412 g/mol. The summed E-state index contributed by atoms with van der Waals surface area (Å²) in [7, 11) is 0. The maximum absolute atomic E-state index is 13.0. The van der Waals surface area contributed by atoms with Crippen LogP contribution in [0.4, 0.5) is 21.3 Å². The first-order valence-corrected chi connectivity index (χ1v) is 10.8. The van der Waals surface area contributed by atoms with Crippen molar-refractivity contribution in [2.45, 2.75) is 33.4 Å². The summed E-state index contributed by atoms with van der Waals surface area (Å²) in [5, 5.41) is 2.28. The maximum atomic E-state index is 13.0. The quantitative estimate of drug-likeness (QED) is 0.555. The number of aromatic nitrogens is 1. The van der Waals surface area contributed by atoms with Gasteiger partial charge in [-0.1, -0.05) is 30.3 Å². The molecule has 1 fully saturated rings. The lowest BCUT2D eigenvalue weighted by atomic mass is 10.2. The van der Waals surface area contributed by atoms with Gasteiger partial charge in [0.1, 0.15) is 6.04 Å². The zero-order chi connectivity index (χ0) is 22.1. The van der Waals surface area contributed by atoms with E-state index in [1.807, 2.05) is 49.4 Å². The lowest BCUT2D eigenvalue weighted by Gasteiger charge is -2.19. The Morgan fingerprint density at radius 1 is 1.13 bits per heavy atom. The van der Waals surface area contributed by atoms with E-state index in [0.717, 1.165) is 11.3 Å². The van der Waals surface area contributed by atoms with E-state index >= 15 is 0 Å². The van der Waals surface area contributed by atoms with Gasteiger partial charge in [0.15, 0.2) is 5.13 Å². The van der Waals surface area contributed by atoms with E-state index in [1.165, 1.54) is 33.0 Å². The third kappa shape index (κ3) is 3.94. The lowest BCUT2D eigenvalue weighted by molar-refractivity contribution is -0.127. The average Bonchev–Trinajstić information content (AvgIpc) is 3.27. The molecule has 2 heterocycles. The number of para-hydroxylation sites is 1. The predicted octanol–water partition coefficient (Wildman–Crippen LogP) is 4.49. The molecule has 1 aliphatic heterocycles. The van der Waals surface area contributed by atoms with Gasteiger partial charge < -0.3 is 0 Å². The standard InChI is InChI=1S/C23H22N4O3S/c1-15-8-7-11-20(12-15)27(17(3)28)22-24-18(14-31-22)13-25-21(29)16(2)26(23(25)30)19-9-5-4-6-10-19/h4-12,14,16H,13H2,1-3H3. The number of hydrogen-bond donors (Lipinski definition) is 0. The number of carbonyl (C=O) groups is 3. The van der Waals surface area contributed by atoms with Crippen LogP contribution >= 0.6 is 11.3 Å². The fraction of sp³-hybridized carbons (Fsp3) is 0.217. The summed E-state index contributed by atoms with van der Waals surface area (Å²) >= 11 is 1.30. The number of rotatable bonds is 5. The fourth-order valence-electron chi connectivity index (χ4n) is 3.62. The van der Waals surface area contributed by atoms with Crippen molar-refractivity contribution in [1.82, 2.24) is 9.88 Å². The van der Waals surface area contributed by atoms with Crippen molar-refractivity contribution >= 4 is 45.7 Å². The number of carbonyl (C=O) groups excluding carboxylic acids is 3. The number of urea groups is 1. The van der Waals surface area contributed by atoms with Gasteiger partial charge in [0, 0.05) is 18.0 Å². The first-order chi connectivity index (χ1) is 14.9. The molecule has 2 aromatic carbocycles. The van der Waals surface area contributed by atoms with Crippen molar-refractivity contribution in [3.05, 3.63) is 71.2 Å². The van der Waals surface area contributed by atoms with Gasteiger partial charge in [0.2, 0.25) is 5.91 Å². The van der Waals surface area contributed by atoms with Crippen LogP contribution in [0.2, 0.25) is 0 Å². The number of anilines is 3. The van der Waals surface area contributed by atoms with Crippen molar-refractivity contribution in [3.8, 4) is 0 Å². The van der Waals surface area contributed by atoms with E-state index in [1.54, 1.807) is 24.4 Å². The minimum Gasteiger partial charge on any atom is -0.282 e. The highest BCUT2D eigenvalue weighted by atomic mass is 32.1. The van der Waals surface area contributed by atoms with Crippen molar-refractivity contribution in [2.24, 2.45) is 0 Å². The molecule has 0 aliphatic carbocycles. The molecule has 0 radical (unpaired) electrons. The molecule has 31 heavy (non-hydrogen) atoms. The van der Waals surface area contributed by atoms with Crippen molar-refractivity contribution in [2.75, 3.05) is 9.80 Å². The normalized spacial score (nSPS) is 16.2. The van der Waals surface area contributed by atoms with E-state index in [-0.39, 0.29) is 24.4 Å². The van der Waals surface area contributed by atoms with Crippen molar-refractivity contribution in [1.29, 1.82) is 0 Å². The summed E-state index contributed by atoms with van der Waals surface area (Å²) in [5.41, 5.74) is 2.99. The molecule has 0 bridgehead atoms. The van der Waals surface area contributed by atoms with E-state index in [0.29, 0.717) is 16.5 Å². The molecule has 1 aliphatic rings. The van der Waals surface area contributed by atoms with Crippen LogP contribution in [-0.4, -0.2) is 33.8 Å². The van der Waals surface area contributed by atoms with Crippen LogP contribution in [0.1, 0.15) is 25.1 Å². The van der Waals surface area contributed by atoms with Crippen LogP contribution in [0, 0.1) is 6.92 Å². The Balaban J connectivity index is 1.58. The molecule has 4 rings (SSSR count). The van der Waals surface area contributed by atoms with Crippen LogP contribution in [0.15, 0.2) is 60.0 Å². The molecule has 1 atom stereocenters. The number of amides is 4. The van der Waals surface area contributed by atoms with Crippen LogP contribution < -0.4 is 9.80 Å². The number of nitrogens with zero attached hydrogens (tertiary/aromatic N) is 4. The summed E-state index contributed by atoms with van der Waals surface area (Å²) in [6.45, 7) is 5.21. The second kappa shape index (κ2) is 8.31. The molecule has 158 valence electrons. The fourth-order valence-corrected chi connectivity index (χ4v) is 4.50. The van der Waals surface area contributed by atoms with Gasteiger partial charge in [-0.2, -0.15) is 0 Å². The third-order valence-corrected chi connectivity index (χ3v) is 5.98. The zero-order valence-electron chi connectivity index (χ0n) is 17.5. The number of hydrogen-bond acceptors (Lipinski definition) is 5. The molecule has 8 heteroatoms. The van der Waals surface area contributed by atoms with Gasteiger partial charge in [-0.05, 0) is 43.7 Å². The molecule has 7 nitrogen and oxygen atoms in total. The van der Waals surface area contributed by atoms with Gasteiger partial charge in [0.25, 0.3) is 5.91 Å². The van der Waals surface area contributed by atoms with Crippen LogP contribution in [-0.2, 0) is 16.1 Å². The Bertz CT molecular complexity index is 1140. The molecule has 0 N–H and O–H groups in total. The third-order valence-electron chi connectivity index (χ3n) is 5.11. The van der Waals surface area contributed by atoms with Crippen LogP contribution in [0.3, 0.4) is 0 Å². The number of aryl methyl sites for hydroxylation is 1. The summed E-state index contributed by atoms with van der Waals surface area (Å²) in [6, 6.07) is 15.8. The van der Waals surface area contributed by atoms with E-state index in [4.69, 9.17) is 0 Å². The highest BCUT2D eigenvalue weighted by molar-refractivity contribution is 7.14. The zero-order valence-corrected chi connectivity index (χ0v) is 18.3. The molecule has 1 saturated heterocycles. The first-order valence-electron chi connectivity index (χ1n) is 9.88. The minimum atomic E-state index is -0.589. The Morgan fingerprint density at radius 2 is 1.87 bits per heavy atom. The first kappa shape index (κ1) is 20.7. The van der Waals surface area contributed by atoms with Crippen molar-refractivity contribution in [3.63, 3.8) is 0 Å². The van der Waals surface area contributed by atoms with Gasteiger partial charge >= 0.3 is 6.03 Å². The van der Waals surface area contributed by atoms with Gasteiger partial charge in [0.05, 0.1) is 17.9 Å². The molecule has 0 saturated carbocycles. The molecular formula is C23H22N4O3S. The largest absolute Gasteiger partial charge is 0.332 e. The average molecular weight is 435 g/mol. The Morgan fingerprint density at radius 3 is 2.55 bits per heavy atom. The predicted molar refractivity (Wildman–Crippen MR) is 120 cm³/mol. The van der Waals surface area contributed by atoms with Gasteiger partial charge in [-0.3, -0.25) is 24.3 Å². The highest BCUT2D eigenvalue weighted by Gasteiger charge is 2.43. The molecule has 0 spiro atoms. The Labute approximate surface area is 184 Å². The van der Waals surface area contributed by atoms with Crippen LogP contribution in [0.25, 0.3) is 0 Å². The maximum Gasteiger partial charge on any atom is 0.332 e. The molecule has 4 amide bonds. The summed E-state index contributed by atoms with van der Waals surface area (Å²) in [4.78, 5) is 46.9. The minimum absolute atomic E-state index is 0.0569. The summed E-state index contributed by atoms with van der Waals surface area (Å²) in [5.74, 6) is -0.436. The topological polar surface area (TPSA) is 73.8 Å². The summed E-state index contributed by atoms with van der Waals surface area (Å²) in [6.07, 6.45) is 0. The molecule has 1 aromatic heterocycles. The molecule has 3 aromatic rings. The van der Waals surface area contributed by atoms with E-state index < -0.39 is 6.04 Å². The molecule has 1 unspecified atom stereocenters. The SMILES string of the molecule is CC(=O)N(c1cccc(C)c1)c1nc(CN2C(=O)C(C)N(c3ccccc3)C2=O)cs1. The lowest BCUT2D eigenvalue weighted by Crippen LogP contribution is -2.33. The van der Waals surface area contributed by atoms with E-state index in [2.05, 4.69) is 4.98 Å². The number of imide groups is 1. The second-order valence-corrected chi connectivity index (χ2v) is 8.24. The van der Waals surface area contributed by atoms with Gasteiger partial charge in [-0.15, -0.1) is 11.3 Å². The van der Waals surface area contributed by atoms with Crippen molar-refractivity contribution < 1.29 is 14.4 Å². The van der Waals surface area contributed by atoms with Crippen LogP contribution in [0.5, 0.6) is 0 Å². The smallest absolute Gasteiger partial charge is 0.282 e. The second-order valence-electron chi connectivity index (χ2n) is 7.40. The monoisotopic (exact) mass is 434 g/mol. The highest BCUT2D eigenvalue weighted by Crippen LogP contribution is 2.31. The summed E-state index contributed by atoms with van der Waals surface area (Å²) < 4.78 is 0. The van der Waals surface area contributed by atoms with Gasteiger partial charge in [-0.25, -0.2) is 9.78 Å². The van der Waals surface area contributed by atoms with E-state index in [9.17, 15) is 14.4 Å². The Kier molecular flexibility index (Phi) is 5.56. The number of benzene rings is 2. The number of thiazole rings is 1.